The van der Waals surface area contributed by atoms with Crippen LogP contribution < -0.4 is 20.1 Å². The van der Waals surface area contributed by atoms with Gasteiger partial charge in [0.1, 0.15) is 0 Å². The second kappa shape index (κ2) is 9.98. The molecule has 4 rings (SSSR count). The van der Waals surface area contributed by atoms with Crippen LogP contribution in [0, 0.1) is 5.92 Å². The van der Waals surface area contributed by atoms with Gasteiger partial charge >= 0.3 is 0 Å². The molecule has 7 nitrogen and oxygen atoms in total. The number of carbonyl (C=O) groups excluding carboxylic acids is 2. The Morgan fingerprint density at radius 2 is 1.93 bits per heavy atom. The fraction of sp³-hybridized carbons (Fsp3) is 0.565. The second-order valence-electron chi connectivity index (χ2n) is 8.32. The maximum absolute atomic E-state index is 12.6. The van der Waals surface area contributed by atoms with Crippen LogP contribution in [-0.4, -0.2) is 49.7 Å². The van der Waals surface area contributed by atoms with Crippen LogP contribution in [0.4, 0.5) is 5.69 Å². The fourth-order valence-corrected chi connectivity index (χ4v) is 4.33. The summed E-state index contributed by atoms with van der Waals surface area (Å²) in [5, 5.41) is 6.02. The number of fused-ring (bicyclic) bond motifs is 1. The van der Waals surface area contributed by atoms with Crippen molar-refractivity contribution in [3.8, 4) is 11.5 Å². The minimum absolute atomic E-state index is 0.0266. The summed E-state index contributed by atoms with van der Waals surface area (Å²) in [5.74, 6) is 1.44. The monoisotopic (exact) mass is 413 g/mol. The van der Waals surface area contributed by atoms with Gasteiger partial charge in [-0.2, -0.15) is 0 Å². The topological polar surface area (TPSA) is 79.9 Å². The van der Waals surface area contributed by atoms with Crippen LogP contribution in [-0.2, 0) is 9.59 Å². The van der Waals surface area contributed by atoms with Crippen LogP contribution in [0.1, 0.15) is 44.9 Å². The highest BCUT2D eigenvalue weighted by molar-refractivity contribution is 5.93. The zero-order valence-electron chi connectivity index (χ0n) is 17.5. The molecule has 0 atom stereocenters. The lowest BCUT2D eigenvalue weighted by Gasteiger charge is -2.30. The molecule has 0 saturated carbocycles. The summed E-state index contributed by atoms with van der Waals surface area (Å²) in [5.41, 5.74) is 2.20. The third kappa shape index (κ3) is 5.53. The summed E-state index contributed by atoms with van der Waals surface area (Å²) >= 11 is 0. The van der Waals surface area contributed by atoms with Crippen LogP contribution in [0.2, 0.25) is 0 Å². The maximum atomic E-state index is 12.6. The minimum Gasteiger partial charge on any atom is -0.454 e. The van der Waals surface area contributed by atoms with Crippen LogP contribution in [0.25, 0.3) is 0 Å². The van der Waals surface area contributed by atoms with Crippen molar-refractivity contribution in [2.24, 2.45) is 5.92 Å². The SMILES string of the molecule is O=C(CN1CCC(C(=O)Nc2ccc3c(c2)OCO3)CC1)NCCC1=CCCCC1. The van der Waals surface area contributed by atoms with Crippen molar-refractivity contribution in [1.29, 1.82) is 0 Å². The Morgan fingerprint density at radius 1 is 1.10 bits per heavy atom. The maximum Gasteiger partial charge on any atom is 0.234 e. The van der Waals surface area contributed by atoms with Gasteiger partial charge in [-0.15, -0.1) is 0 Å². The zero-order chi connectivity index (χ0) is 20.8. The van der Waals surface area contributed by atoms with E-state index >= 15 is 0 Å². The number of ether oxygens (including phenoxy) is 2. The van der Waals surface area contributed by atoms with Crippen LogP contribution in [0.15, 0.2) is 29.8 Å². The Hall–Kier alpha value is -2.54. The van der Waals surface area contributed by atoms with Gasteiger partial charge in [0.25, 0.3) is 0 Å². The summed E-state index contributed by atoms with van der Waals surface area (Å²) in [7, 11) is 0. The lowest BCUT2D eigenvalue weighted by atomic mass is 9.95. The largest absolute Gasteiger partial charge is 0.454 e. The zero-order valence-corrected chi connectivity index (χ0v) is 17.5. The molecule has 0 radical (unpaired) electrons. The lowest BCUT2D eigenvalue weighted by Crippen LogP contribution is -2.43. The number of carbonyl (C=O) groups is 2. The predicted molar refractivity (Wildman–Crippen MR) is 115 cm³/mol. The number of allylic oxidation sites excluding steroid dienone is 1. The molecule has 1 aromatic carbocycles. The molecule has 162 valence electrons. The van der Waals surface area contributed by atoms with Gasteiger partial charge in [-0.1, -0.05) is 11.6 Å². The number of piperidine rings is 1. The predicted octanol–water partition coefficient (Wildman–Crippen LogP) is 3.07. The summed E-state index contributed by atoms with van der Waals surface area (Å²) in [6.45, 7) is 2.88. The third-order valence-electron chi connectivity index (χ3n) is 6.12. The summed E-state index contributed by atoms with van der Waals surface area (Å²) in [6.07, 6.45) is 9.74. The van der Waals surface area contributed by atoms with Crippen molar-refractivity contribution in [1.82, 2.24) is 10.2 Å². The van der Waals surface area contributed by atoms with E-state index in [1.807, 2.05) is 12.1 Å². The molecule has 0 unspecified atom stereocenters. The Labute approximate surface area is 177 Å². The van der Waals surface area contributed by atoms with Crippen molar-refractivity contribution in [2.75, 3.05) is 38.3 Å². The lowest BCUT2D eigenvalue weighted by molar-refractivity contribution is -0.123. The number of amides is 2. The van der Waals surface area contributed by atoms with Gasteiger partial charge in [0.05, 0.1) is 6.54 Å². The van der Waals surface area contributed by atoms with Gasteiger partial charge in [-0.3, -0.25) is 14.5 Å². The van der Waals surface area contributed by atoms with Gasteiger partial charge < -0.3 is 20.1 Å². The van der Waals surface area contributed by atoms with Gasteiger partial charge in [0.2, 0.25) is 18.6 Å². The summed E-state index contributed by atoms with van der Waals surface area (Å²) < 4.78 is 10.7. The molecule has 0 aromatic heterocycles. The van der Waals surface area contributed by atoms with E-state index in [-0.39, 0.29) is 24.5 Å². The number of hydrogen-bond donors (Lipinski definition) is 2. The minimum atomic E-state index is -0.0343. The molecule has 1 fully saturated rings. The molecule has 3 aliphatic rings. The molecule has 2 N–H and O–H groups in total. The standard InChI is InChI=1S/C23H31N3O4/c27-22(24-11-8-17-4-2-1-3-5-17)15-26-12-9-18(10-13-26)23(28)25-19-6-7-20-21(14-19)30-16-29-20/h4,6-7,14,18H,1-3,5,8-13,15-16H2,(H,24,27)(H,25,28). The Kier molecular flexibility index (Phi) is 6.89. The molecular formula is C23H31N3O4. The Morgan fingerprint density at radius 3 is 2.73 bits per heavy atom. The highest BCUT2D eigenvalue weighted by Gasteiger charge is 2.26. The number of rotatable bonds is 7. The van der Waals surface area contributed by atoms with E-state index in [4.69, 9.17) is 9.47 Å². The van der Waals surface area contributed by atoms with E-state index in [1.54, 1.807) is 6.07 Å². The molecule has 1 aromatic rings. The highest BCUT2D eigenvalue weighted by Crippen LogP contribution is 2.34. The third-order valence-corrected chi connectivity index (χ3v) is 6.12. The van der Waals surface area contributed by atoms with E-state index in [9.17, 15) is 9.59 Å². The highest BCUT2D eigenvalue weighted by atomic mass is 16.7. The molecule has 0 spiro atoms. The molecule has 0 bridgehead atoms. The molecule has 2 aliphatic heterocycles. The number of hydrogen-bond acceptors (Lipinski definition) is 5. The van der Waals surface area contributed by atoms with Gasteiger partial charge in [0.15, 0.2) is 11.5 Å². The first-order valence-electron chi connectivity index (χ1n) is 11.0. The first kappa shape index (κ1) is 20.7. The van der Waals surface area contributed by atoms with Crippen molar-refractivity contribution in [3.05, 3.63) is 29.8 Å². The molecule has 1 saturated heterocycles. The van der Waals surface area contributed by atoms with Crippen molar-refractivity contribution >= 4 is 17.5 Å². The average Bonchev–Trinajstić information content (AvgIpc) is 3.23. The summed E-state index contributed by atoms with van der Waals surface area (Å²) in [6, 6.07) is 5.43. The molecule has 2 amide bonds. The quantitative estimate of drug-likeness (QED) is 0.672. The molecule has 1 aliphatic carbocycles. The Balaban J connectivity index is 1.15. The smallest absolute Gasteiger partial charge is 0.234 e. The number of nitrogens with zero attached hydrogens (tertiary/aromatic N) is 1. The fourth-order valence-electron chi connectivity index (χ4n) is 4.33. The molecule has 7 heteroatoms. The van der Waals surface area contributed by atoms with Crippen LogP contribution in [0.3, 0.4) is 0 Å². The van der Waals surface area contributed by atoms with Crippen molar-refractivity contribution in [2.45, 2.75) is 44.9 Å². The summed E-state index contributed by atoms with van der Waals surface area (Å²) in [4.78, 5) is 27.0. The molecule has 30 heavy (non-hydrogen) atoms. The van der Waals surface area contributed by atoms with Crippen molar-refractivity contribution < 1.29 is 19.1 Å². The van der Waals surface area contributed by atoms with Gasteiger partial charge in [0, 0.05) is 24.2 Å². The van der Waals surface area contributed by atoms with E-state index in [0.717, 1.165) is 44.6 Å². The van der Waals surface area contributed by atoms with E-state index in [1.165, 1.54) is 31.3 Å². The van der Waals surface area contributed by atoms with E-state index < -0.39 is 0 Å². The molecular weight excluding hydrogens is 382 g/mol. The average molecular weight is 414 g/mol. The number of anilines is 1. The van der Waals surface area contributed by atoms with Gasteiger partial charge in [-0.25, -0.2) is 0 Å². The Bertz CT molecular complexity index is 800. The first-order chi connectivity index (χ1) is 14.7. The number of likely N-dealkylation sites (tertiary alicyclic amines) is 1. The van der Waals surface area contributed by atoms with E-state index in [0.29, 0.717) is 18.0 Å². The van der Waals surface area contributed by atoms with Crippen LogP contribution >= 0.6 is 0 Å². The normalized spacial score (nSPS) is 19.3. The number of benzene rings is 1. The number of nitrogens with one attached hydrogen (secondary N) is 2. The first-order valence-corrected chi connectivity index (χ1v) is 11.0. The molecule has 2 heterocycles. The second-order valence-corrected chi connectivity index (χ2v) is 8.32. The van der Waals surface area contributed by atoms with Crippen LogP contribution in [0.5, 0.6) is 11.5 Å². The van der Waals surface area contributed by atoms with E-state index in [2.05, 4.69) is 21.6 Å². The van der Waals surface area contributed by atoms with Crippen molar-refractivity contribution in [3.63, 3.8) is 0 Å². The van der Waals surface area contributed by atoms with Gasteiger partial charge in [-0.05, 0) is 70.2 Å².